The molecule has 1 heterocycles. The molecule has 2 aromatic rings. The Balaban J connectivity index is 2.70. The molecule has 0 fully saturated rings. The van der Waals surface area contributed by atoms with Gasteiger partial charge in [0.2, 0.25) is 0 Å². The predicted octanol–water partition coefficient (Wildman–Crippen LogP) is 2.78. The minimum absolute atomic E-state index is 0.148. The molecule has 84 valence electrons. The van der Waals surface area contributed by atoms with Gasteiger partial charge < -0.3 is 0 Å². The molecule has 3 nitrogen and oxygen atoms in total. The highest BCUT2D eigenvalue weighted by Crippen LogP contribution is 2.18. The van der Waals surface area contributed by atoms with Crippen LogP contribution < -0.4 is 5.56 Å². The van der Waals surface area contributed by atoms with Gasteiger partial charge in [0, 0.05) is 10.7 Å². The second-order valence-electron chi connectivity index (χ2n) is 3.64. The number of aryl methyl sites for hydroxylation is 1. The topological polar surface area (TPSA) is 45.8 Å². The largest absolute Gasteiger partial charge is 0.283 e. The van der Waals surface area contributed by atoms with E-state index in [2.05, 4.69) is 15.9 Å². The van der Waals surface area contributed by atoms with Crippen molar-refractivity contribution in [2.45, 2.75) is 6.92 Å². The van der Waals surface area contributed by atoms with Gasteiger partial charge in [0.15, 0.2) is 0 Å². The number of rotatable bonds is 1. The van der Waals surface area contributed by atoms with E-state index in [9.17, 15) is 4.79 Å². The Labute approximate surface area is 107 Å². The molecule has 0 unspecified atom stereocenters. The predicted molar refractivity (Wildman–Crippen MR) is 69.2 cm³/mol. The number of hydrogen-bond acceptors (Lipinski definition) is 2. The number of nitrogens with zero attached hydrogens (tertiary/aromatic N) is 2. The molecule has 0 spiro atoms. The highest BCUT2D eigenvalue weighted by molar-refractivity contribution is 9.10. The second kappa shape index (κ2) is 4.56. The first-order chi connectivity index (χ1) is 8.13. The van der Waals surface area contributed by atoms with Crippen molar-refractivity contribution < 1.29 is 0 Å². The normalized spacial score (nSPS) is 9.94. The van der Waals surface area contributed by atoms with Crippen molar-refractivity contribution in [2.75, 3.05) is 0 Å². The van der Waals surface area contributed by atoms with Crippen molar-refractivity contribution in [1.29, 1.82) is 5.26 Å². The maximum Gasteiger partial charge on any atom is 0.272 e. The Bertz CT molecular complexity index is 668. The molecule has 0 atom stereocenters. The summed E-state index contributed by atoms with van der Waals surface area (Å²) < 4.78 is 2.45. The van der Waals surface area contributed by atoms with Gasteiger partial charge in [-0.25, -0.2) is 0 Å². The summed E-state index contributed by atoms with van der Waals surface area (Å²) in [6.45, 7) is 1.92. The third-order valence-electron chi connectivity index (χ3n) is 2.49. The molecule has 4 heteroatoms. The zero-order chi connectivity index (χ0) is 12.4. The molecule has 0 saturated carbocycles. The maximum absolute atomic E-state index is 12.0. The monoisotopic (exact) mass is 288 g/mol. The average Bonchev–Trinajstić information content (AvgIpc) is 2.30. The van der Waals surface area contributed by atoms with E-state index in [0.29, 0.717) is 0 Å². The molecule has 0 aliphatic rings. The van der Waals surface area contributed by atoms with E-state index in [0.717, 1.165) is 15.7 Å². The first-order valence-electron chi connectivity index (χ1n) is 5.02. The first kappa shape index (κ1) is 11.6. The maximum atomic E-state index is 12.0. The number of aromatic nitrogens is 1. The zero-order valence-corrected chi connectivity index (χ0v) is 10.7. The summed E-state index contributed by atoms with van der Waals surface area (Å²) in [5.74, 6) is 0. The van der Waals surface area contributed by atoms with E-state index in [1.807, 2.05) is 31.2 Å². The average molecular weight is 289 g/mol. The van der Waals surface area contributed by atoms with Crippen molar-refractivity contribution in [3.05, 3.63) is 62.5 Å². The minimum Gasteiger partial charge on any atom is -0.283 e. The second-order valence-corrected chi connectivity index (χ2v) is 4.56. The van der Waals surface area contributed by atoms with Gasteiger partial charge in [-0.05, 0) is 42.8 Å². The Kier molecular flexibility index (Phi) is 3.12. The van der Waals surface area contributed by atoms with Gasteiger partial charge in [-0.3, -0.25) is 9.36 Å². The smallest absolute Gasteiger partial charge is 0.272 e. The molecule has 0 aliphatic heterocycles. The molecular formula is C13H9BrN2O. The molecule has 17 heavy (non-hydrogen) atoms. The van der Waals surface area contributed by atoms with Gasteiger partial charge in [0.25, 0.3) is 5.56 Å². The third kappa shape index (κ3) is 2.15. The number of nitriles is 1. The molecule has 1 aromatic carbocycles. The lowest BCUT2D eigenvalue weighted by Crippen LogP contribution is -2.20. The van der Waals surface area contributed by atoms with Crippen molar-refractivity contribution in [1.82, 2.24) is 4.57 Å². The Morgan fingerprint density at radius 2 is 2.12 bits per heavy atom. The van der Waals surface area contributed by atoms with E-state index >= 15 is 0 Å². The van der Waals surface area contributed by atoms with Crippen LogP contribution in [-0.2, 0) is 0 Å². The van der Waals surface area contributed by atoms with Crippen LogP contribution in [0.5, 0.6) is 0 Å². The fourth-order valence-electron chi connectivity index (χ4n) is 1.66. The van der Waals surface area contributed by atoms with Crippen LogP contribution >= 0.6 is 15.9 Å². The van der Waals surface area contributed by atoms with Crippen LogP contribution in [0.15, 0.2) is 45.8 Å². The highest BCUT2D eigenvalue weighted by Gasteiger charge is 2.06. The fraction of sp³-hybridized carbons (Fsp3) is 0.0769. The summed E-state index contributed by atoms with van der Waals surface area (Å²) in [4.78, 5) is 12.0. The van der Waals surface area contributed by atoms with Crippen LogP contribution in [0.1, 0.15) is 11.1 Å². The van der Waals surface area contributed by atoms with Crippen LogP contribution in [0.2, 0.25) is 0 Å². The molecular weight excluding hydrogens is 280 g/mol. The molecule has 2 rings (SSSR count). The van der Waals surface area contributed by atoms with Crippen LogP contribution in [0.25, 0.3) is 5.69 Å². The summed E-state index contributed by atoms with van der Waals surface area (Å²) in [5, 5.41) is 8.83. The first-order valence-corrected chi connectivity index (χ1v) is 5.81. The molecule has 0 saturated heterocycles. The summed E-state index contributed by atoms with van der Waals surface area (Å²) >= 11 is 3.38. The zero-order valence-electron chi connectivity index (χ0n) is 9.14. The van der Waals surface area contributed by atoms with Crippen LogP contribution in [-0.4, -0.2) is 4.57 Å². The van der Waals surface area contributed by atoms with Gasteiger partial charge in [-0.1, -0.05) is 15.9 Å². The third-order valence-corrected chi connectivity index (χ3v) is 2.98. The summed E-state index contributed by atoms with van der Waals surface area (Å²) in [6.07, 6.45) is 1.67. The van der Waals surface area contributed by atoms with Crippen LogP contribution in [0, 0.1) is 18.3 Å². The summed E-state index contributed by atoms with van der Waals surface area (Å²) in [7, 11) is 0. The highest BCUT2D eigenvalue weighted by atomic mass is 79.9. The van der Waals surface area contributed by atoms with E-state index in [1.165, 1.54) is 10.6 Å². The van der Waals surface area contributed by atoms with Gasteiger partial charge in [-0.2, -0.15) is 5.26 Å². The molecule has 0 N–H and O–H groups in total. The Morgan fingerprint density at radius 3 is 2.76 bits per heavy atom. The quantitative estimate of drug-likeness (QED) is 0.810. The van der Waals surface area contributed by atoms with Gasteiger partial charge in [-0.15, -0.1) is 0 Å². The Morgan fingerprint density at radius 1 is 1.35 bits per heavy atom. The molecule has 0 radical (unpaired) electrons. The van der Waals surface area contributed by atoms with Gasteiger partial charge in [0.1, 0.15) is 11.6 Å². The number of pyridine rings is 1. The number of benzene rings is 1. The van der Waals surface area contributed by atoms with Gasteiger partial charge in [0.05, 0.1) is 5.69 Å². The van der Waals surface area contributed by atoms with Crippen LogP contribution in [0.3, 0.4) is 0 Å². The minimum atomic E-state index is -0.291. The Hall–Kier alpha value is -1.86. The summed E-state index contributed by atoms with van der Waals surface area (Å²) in [5.41, 5.74) is 1.61. The summed E-state index contributed by atoms with van der Waals surface area (Å²) in [6, 6.07) is 10.8. The molecule has 0 aliphatic carbocycles. The SMILES string of the molecule is Cc1cc(Br)ccc1-n1cccc(C#N)c1=O. The molecule has 1 aromatic heterocycles. The van der Waals surface area contributed by atoms with E-state index < -0.39 is 0 Å². The lowest BCUT2D eigenvalue weighted by Gasteiger charge is -2.09. The van der Waals surface area contributed by atoms with Crippen molar-refractivity contribution >= 4 is 15.9 Å². The van der Waals surface area contributed by atoms with E-state index in [1.54, 1.807) is 12.3 Å². The number of halogens is 1. The fourth-order valence-corrected chi connectivity index (χ4v) is 2.13. The lowest BCUT2D eigenvalue weighted by atomic mass is 10.2. The standard InChI is InChI=1S/C13H9BrN2O/c1-9-7-11(14)4-5-12(9)16-6-2-3-10(8-15)13(16)17/h2-7H,1H3. The van der Waals surface area contributed by atoms with E-state index in [4.69, 9.17) is 5.26 Å². The lowest BCUT2D eigenvalue weighted by molar-refractivity contribution is 0.970. The van der Waals surface area contributed by atoms with Crippen molar-refractivity contribution in [2.24, 2.45) is 0 Å². The van der Waals surface area contributed by atoms with Crippen molar-refractivity contribution in [3.63, 3.8) is 0 Å². The molecule has 0 amide bonds. The van der Waals surface area contributed by atoms with Gasteiger partial charge >= 0.3 is 0 Å². The van der Waals surface area contributed by atoms with Crippen LogP contribution in [0.4, 0.5) is 0 Å². The van der Waals surface area contributed by atoms with E-state index in [-0.39, 0.29) is 11.1 Å². The molecule has 0 bridgehead atoms. The van der Waals surface area contributed by atoms with Crippen molar-refractivity contribution in [3.8, 4) is 11.8 Å². The number of hydrogen-bond donors (Lipinski definition) is 0.